The van der Waals surface area contributed by atoms with E-state index in [-0.39, 0.29) is 5.97 Å². The average molecular weight is 224 g/mol. The van der Waals surface area contributed by atoms with Gasteiger partial charge < -0.3 is 4.74 Å². The minimum atomic E-state index is -0.237. The van der Waals surface area contributed by atoms with E-state index in [1.807, 2.05) is 13.0 Å². The van der Waals surface area contributed by atoms with Gasteiger partial charge in [0.05, 0.1) is 6.61 Å². The van der Waals surface area contributed by atoms with E-state index in [1.54, 1.807) is 0 Å². The Morgan fingerprint density at radius 1 is 1.38 bits per heavy atom. The summed E-state index contributed by atoms with van der Waals surface area (Å²) in [5.41, 5.74) is 1.37. The number of hydrogen-bond donors (Lipinski definition) is 0. The summed E-state index contributed by atoms with van der Waals surface area (Å²) in [6.07, 6.45) is 8.92. The van der Waals surface area contributed by atoms with Crippen molar-refractivity contribution in [2.75, 3.05) is 6.61 Å². The van der Waals surface area contributed by atoms with Crippen LogP contribution in [0.2, 0.25) is 0 Å². The largest absolute Gasteiger partial charge is 0.463 e. The second kappa shape index (κ2) is 9.20. The zero-order valence-corrected chi connectivity index (χ0v) is 11.0. The maximum Gasteiger partial charge on any atom is 0.330 e. The number of esters is 1. The van der Waals surface area contributed by atoms with Gasteiger partial charge >= 0.3 is 5.97 Å². The highest BCUT2D eigenvalue weighted by Crippen LogP contribution is 2.12. The van der Waals surface area contributed by atoms with E-state index in [0.717, 1.165) is 12.8 Å². The van der Waals surface area contributed by atoms with Crippen molar-refractivity contribution in [1.82, 2.24) is 0 Å². The van der Waals surface area contributed by atoms with Crippen molar-refractivity contribution in [2.24, 2.45) is 5.92 Å². The second-order valence-corrected chi connectivity index (χ2v) is 4.35. The molecule has 0 N–H and O–H groups in total. The molecule has 0 saturated heterocycles. The first-order valence-electron chi connectivity index (χ1n) is 6.03. The Kier molecular flexibility index (Phi) is 8.59. The van der Waals surface area contributed by atoms with Gasteiger partial charge in [0.1, 0.15) is 0 Å². The number of ether oxygens (including phenoxy) is 1. The summed E-state index contributed by atoms with van der Waals surface area (Å²) < 4.78 is 4.80. The summed E-state index contributed by atoms with van der Waals surface area (Å²) in [7, 11) is 0. The smallest absolute Gasteiger partial charge is 0.330 e. The first kappa shape index (κ1) is 14.9. The van der Waals surface area contributed by atoms with Crippen LogP contribution in [0.1, 0.15) is 47.0 Å². The molecule has 0 aliphatic rings. The Morgan fingerprint density at radius 2 is 2.06 bits per heavy atom. The molecule has 0 aliphatic heterocycles. The van der Waals surface area contributed by atoms with Gasteiger partial charge in [-0.2, -0.15) is 0 Å². The Morgan fingerprint density at radius 3 is 2.62 bits per heavy atom. The van der Waals surface area contributed by atoms with Crippen LogP contribution >= 0.6 is 0 Å². The third kappa shape index (κ3) is 9.50. The first-order valence-corrected chi connectivity index (χ1v) is 6.03. The molecule has 0 bridgehead atoms. The van der Waals surface area contributed by atoms with Gasteiger partial charge in [0.15, 0.2) is 0 Å². The van der Waals surface area contributed by atoms with Crippen LogP contribution in [0.4, 0.5) is 0 Å². The molecule has 0 saturated carbocycles. The van der Waals surface area contributed by atoms with Crippen molar-refractivity contribution in [2.45, 2.75) is 47.0 Å². The van der Waals surface area contributed by atoms with Gasteiger partial charge in [0, 0.05) is 6.08 Å². The highest BCUT2D eigenvalue weighted by Gasteiger charge is 1.99. The van der Waals surface area contributed by atoms with E-state index in [1.165, 1.54) is 18.1 Å². The summed E-state index contributed by atoms with van der Waals surface area (Å²) >= 11 is 0. The van der Waals surface area contributed by atoms with Gasteiger partial charge in [-0.15, -0.1) is 0 Å². The molecule has 0 radical (unpaired) electrons. The zero-order valence-electron chi connectivity index (χ0n) is 11.0. The van der Waals surface area contributed by atoms with E-state index >= 15 is 0 Å². The van der Waals surface area contributed by atoms with Gasteiger partial charge in [-0.05, 0) is 46.0 Å². The first-order chi connectivity index (χ1) is 7.56. The fourth-order valence-corrected chi connectivity index (χ4v) is 1.36. The summed E-state index contributed by atoms with van der Waals surface area (Å²) in [6.45, 7) is 8.69. The van der Waals surface area contributed by atoms with Gasteiger partial charge in [0.2, 0.25) is 0 Å². The lowest BCUT2D eigenvalue weighted by atomic mass is 10.0. The molecule has 0 aromatic carbocycles. The topological polar surface area (TPSA) is 26.3 Å². The Hall–Kier alpha value is -1.05. The highest BCUT2D eigenvalue weighted by molar-refractivity contribution is 5.81. The van der Waals surface area contributed by atoms with Gasteiger partial charge in [0.25, 0.3) is 0 Å². The molecule has 2 nitrogen and oxygen atoms in total. The van der Waals surface area contributed by atoms with Gasteiger partial charge in [-0.1, -0.05) is 24.6 Å². The van der Waals surface area contributed by atoms with Gasteiger partial charge in [-0.25, -0.2) is 4.79 Å². The number of carbonyl (C=O) groups is 1. The second-order valence-electron chi connectivity index (χ2n) is 4.35. The lowest BCUT2D eigenvalue weighted by Gasteiger charge is -2.06. The Labute approximate surface area is 99.4 Å². The fourth-order valence-electron chi connectivity index (χ4n) is 1.36. The number of carbonyl (C=O) groups excluding carboxylic acids is 1. The molecular weight excluding hydrogens is 200 g/mol. The third-order valence-electron chi connectivity index (χ3n) is 2.29. The van der Waals surface area contributed by atoms with Crippen molar-refractivity contribution in [3.63, 3.8) is 0 Å². The molecule has 0 rings (SSSR count). The standard InChI is InChI=1S/C14H24O2/c1-5-16-14(15)11-7-10-13(4)9-6-8-12(2)3/h7-8,11,13H,5-6,9-10H2,1-4H3/t13-/m0/s1. The fraction of sp³-hybridized carbons (Fsp3) is 0.643. The summed E-state index contributed by atoms with van der Waals surface area (Å²) in [5, 5.41) is 0. The molecule has 2 heteroatoms. The van der Waals surface area contributed by atoms with Crippen LogP contribution in [0.25, 0.3) is 0 Å². The molecule has 92 valence electrons. The molecule has 0 heterocycles. The Bertz CT molecular complexity index is 247. The number of rotatable bonds is 7. The molecule has 0 amide bonds. The predicted molar refractivity (Wildman–Crippen MR) is 68.2 cm³/mol. The molecule has 0 aliphatic carbocycles. The molecule has 0 fully saturated rings. The van der Waals surface area contributed by atoms with E-state index in [4.69, 9.17) is 4.74 Å². The van der Waals surface area contributed by atoms with Crippen LogP contribution in [-0.4, -0.2) is 12.6 Å². The quantitative estimate of drug-likeness (QED) is 0.373. The monoisotopic (exact) mass is 224 g/mol. The predicted octanol–water partition coefficient (Wildman–Crippen LogP) is 3.88. The van der Waals surface area contributed by atoms with E-state index < -0.39 is 0 Å². The van der Waals surface area contributed by atoms with Crippen molar-refractivity contribution >= 4 is 5.97 Å². The van der Waals surface area contributed by atoms with Gasteiger partial charge in [-0.3, -0.25) is 0 Å². The molecule has 0 spiro atoms. The van der Waals surface area contributed by atoms with Crippen molar-refractivity contribution < 1.29 is 9.53 Å². The normalized spacial score (nSPS) is 12.5. The highest BCUT2D eigenvalue weighted by atomic mass is 16.5. The van der Waals surface area contributed by atoms with Crippen molar-refractivity contribution in [3.8, 4) is 0 Å². The average Bonchev–Trinajstić information content (AvgIpc) is 2.17. The molecule has 1 atom stereocenters. The summed E-state index contributed by atoms with van der Waals surface area (Å²) in [6, 6.07) is 0. The van der Waals surface area contributed by atoms with E-state index in [0.29, 0.717) is 12.5 Å². The summed E-state index contributed by atoms with van der Waals surface area (Å²) in [5.74, 6) is 0.375. The molecule has 0 aromatic heterocycles. The number of hydrogen-bond acceptors (Lipinski definition) is 2. The molecule has 16 heavy (non-hydrogen) atoms. The van der Waals surface area contributed by atoms with Crippen LogP contribution in [0.5, 0.6) is 0 Å². The minimum Gasteiger partial charge on any atom is -0.463 e. The molecule has 0 unspecified atom stereocenters. The van der Waals surface area contributed by atoms with Crippen LogP contribution in [-0.2, 0) is 9.53 Å². The number of allylic oxidation sites excluding steroid dienone is 3. The van der Waals surface area contributed by atoms with Crippen LogP contribution < -0.4 is 0 Å². The maximum absolute atomic E-state index is 11.0. The third-order valence-corrected chi connectivity index (χ3v) is 2.29. The van der Waals surface area contributed by atoms with E-state index in [2.05, 4.69) is 26.8 Å². The lowest BCUT2D eigenvalue weighted by molar-refractivity contribution is -0.137. The molecule has 0 aromatic rings. The minimum absolute atomic E-state index is 0.237. The van der Waals surface area contributed by atoms with Crippen molar-refractivity contribution in [3.05, 3.63) is 23.8 Å². The zero-order chi connectivity index (χ0) is 12.4. The van der Waals surface area contributed by atoms with E-state index in [9.17, 15) is 4.79 Å². The lowest BCUT2D eigenvalue weighted by Crippen LogP contribution is -1.99. The van der Waals surface area contributed by atoms with Crippen LogP contribution in [0.3, 0.4) is 0 Å². The maximum atomic E-state index is 11.0. The Balaban J connectivity index is 3.68. The van der Waals surface area contributed by atoms with Crippen molar-refractivity contribution in [1.29, 1.82) is 0 Å². The van der Waals surface area contributed by atoms with Crippen LogP contribution in [0, 0.1) is 5.92 Å². The molecular formula is C14H24O2. The SMILES string of the molecule is CCOC(=O)C=CC[C@@H](C)CCC=C(C)C. The van der Waals surface area contributed by atoms with Crippen LogP contribution in [0.15, 0.2) is 23.8 Å². The summed E-state index contributed by atoms with van der Waals surface area (Å²) in [4.78, 5) is 11.0.